The number of aryl methyl sites for hydroxylation is 1. The van der Waals surface area contributed by atoms with Crippen molar-refractivity contribution in [2.24, 2.45) is 12.8 Å². The van der Waals surface area contributed by atoms with Gasteiger partial charge in [-0.15, -0.1) is 0 Å². The molecule has 21 heavy (non-hydrogen) atoms. The van der Waals surface area contributed by atoms with Gasteiger partial charge in [-0.25, -0.2) is 9.37 Å². The van der Waals surface area contributed by atoms with Gasteiger partial charge in [-0.05, 0) is 45.8 Å². The van der Waals surface area contributed by atoms with Crippen molar-refractivity contribution in [2.75, 3.05) is 0 Å². The normalized spacial score (nSPS) is 12.8. The summed E-state index contributed by atoms with van der Waals surface area (Å²) >= 11 is 3.19. The van der Waals surface area contributed by atoms with Gasteiger partial charge in [0.15, 0.2) is 0 Å². The third-order valence-electron chi connectivity index (χ3n) is 3.65. The summed E-state index contributed by atoms with van der Waals surface area (Å²) in [4.78, 5) is 4.61. The number of rotatable bonds is 3. The Labute approximate surface area is 130 Å². The van der Waals surface area contributed by atoms with Gasteiger partial charge in [0.25, 0.3) is 0 Å². The molecule has 0 aliphatic carbocycles. The summed E-state index contributed by atoms with van der Waals surface area (Å²) in [6, 6.07) is 12.6. The summed E-state index contributed by atoms with van der Waals surface area (Å²) in [5.41, 5.74) is 9.17. The quantitative estimate of drug-likeness (QED) is 0.784. The second-order valence-electron chi connectivity index (χ2n) is 5.06. The van der Waals surface area contributed by atoms with Crippen molar-refractivity contribution < 1.29 is 4.39 Å². The number of halogens is 2. The molecule has 0 aliphatic heterocycles. The second kappa shape index (κ2) is 5.58. The largest absolute Gasteiger partial charge is 0.331 e. The van der Waals surface area contributed by atoms with Gasteiger partial charge in [0, 0.05) is 19.5 Å². The van der Waals surface area contributed by atoms with E-state index in [0.717, 1.165) is 22.4 Å². The molecule has 0 bridgehead atoms. The number of imidazole rings is 1. The van der Waals surface area contributed by atoms with E-state index in [1.807, 2.05) is 35.9 Å². The van der Waals surface area contributed by atoms with Crippen LogP contribution in [-0.4, -0.2) is 9.55 Å². The lowest BCUT2D eigenvalue weighted by Gasteiger charge is -2.12. The molecule has 0 saturated carbocycles. The highest BCUT2D eigenvalue weighted by atomic mass is 79.9. The molecule has 0 radical (unpaired) electrons. The average Bonchev–Trinajstić information content (AvgIpc) is 2.79. The Kier molecular flexibility index (Phi) is 3.78. The molecule has 0 saturated heterocycles. The van der Waals surface area contributed by atoms with Crippen LogP contribution < -0.4 is 5.73 Å². The number of nitrogens with zero attached hydrogens (tertiary/aromatic N) is 2. The van der Waals surface area contributed by atoms with Crippen LogP contribution in [0, 0.1) is 5.82 Å². The van der Waals surface area contributed by atoms with Gasteiger partial charge in [-0.1, -0.05) is 18.2 Å². The van der Waals surface area contributed by atoms with Gasteiger partial charge in [-0.3, -0.25) is 0 Å². The highest BCUT2D eigenvalue weighted by Gasteiger charge is 2.14. The van der Waals surface area contributed by atoms with E-state index in [2.05, 4.69) is 20.9 Å². The molecule has 2 N–H and O–H groups in total. The molecular weight excluding hydrogens is 333 g/mol. The van der Waals surface area contributed by atoms with Crippen molar-refractivity contribution in [2.45, 2.75) is 12.5 Å². The van der Waals surface area contributed by atoms with E-state index in [-0.39, 0.29) is 11.9 Å². The number of para-hydroxylation sites is 2. The SMILES string of the molecule is Cn1c(CC(N)c2ccc(F)c(Br)c2)nc2ccccc21. The number of nitrogens with two attached hydrogens (primary N) is 1. The smallest absolute Gasteiger partial charge is 0.137 e. The first kappa shape index (κ1) is 14.2. The van der Waals surface area contributed by atoms with E-state index in [4.69, 9.17) is 5.73 Å². The molecule has 1 aromatic heterocycles. The Morgan fingerprint density at radius 2 is 2.05 bits per heavy atom. The minimum atomic E-state index is -0.284. The topological polar surface area (TPSA) is 43.8 Å². The number of hydrogen-bond donors (Lipinski definition) is 1. The Morgan fingerprint density at radius 3 is 2.76 bits per heavy atom. The molecular formula is C16H15BrFN3. The first-order valence-electron chi connectivity index (χ1n) is 6.67. The molecule has 0 amide bonds. The summed E-state index contributed by atoms with van der Waals surface area (Å²) in [5, 5.41) is 0. The monoisotopic (exact) mass is 347 g/mol. The van der Waals surface area contributed by atoms with Crippen molar-refractivity contribution in [1.82, 2.24) is 9.55 Å². The predicted molar refractivity (Wildman–Crippen MR) is 85.4 cm³/mol. The summed E-state index contributed by atoms with van der Waals surface area (Å²) in [6.07, 6.45) is 0.600. The number of hydrogen-bond acceptors (Lipinski definition) is 2. The fourth-order valence-corrected chi connectivity index (χ4v) is 2.83. The van der Waals surface area contributed by atoms with Crippen LogP contribution in [0.3, 0.4) is 0 Å². The zero-order valence-electron chi connectivity index (χ0n) is 11.6. The highest BCUT2D eigenvalue weighted by molar-refractivity contribution is 9.10. The Hall–Kier alpha value is -1.72. The minimum Gasteiger partial charge on any atom is -0.331 e. The molecule has 2 aromatic carbocycles. The lowest BCUT2D eigenvalue weighted by molar-refractivity contribution is 0.615. The zero-order chi connectivity index (χ0) is 15.0. The molecule has 5 heteroatoms. The van der Waals surface area contributed by atoms with Crippen LogP contribution in [0.4, 0.5) is 4.39 Å². The average molecular weight is 348 g/mol. The fraction of sp³-hybridized carbons (Fsp3) is 0.188. The zero-order valence-corrected chi connectivity index (χ0v) is 13.1. The molecule has 1 atom stereocenters. The van der Waals surface area contributed by atoms with E-state index in [0.29, 0.717) is 10.9 Å². The molecule has 0 fully saturated rings. The van der Waals surface area contributed by atoms with Gasteiger partial charge in [-0.2, -0.15) is 0 Å². The third kappa shape index (κ3) is 2.71. The minimum absolute atomic E-state index is 0.225. The van der Waals surface area contributed by atoms with E-state index < -0.39 is 0 Å². The maximum absolute atomic E-state index is 13.3. The van der Waals surface area contributed by atoms with Gasteiger partial charge in [0.05, 0.1) is 15.5 Å². The summed E-state index contributed by atoms with van der Waals surface area (Å²) < 4.78 is 15.8. The number of aromatic nitrogens is 2. The van der Waals surface area contributed by atoms with Crippen LogP contribution in [-0.2, 0) is 13.5 Å². The fourth-order valence-electron chi connectivity index (χ4n) is 2.44. The molecule has 3 aromatic rings. The van der Waals surface area contributed by atoms with E-state index in [9.17, 15) is 4.39 Å². The second-order valence-corrected chi connectivity index (χ2v) is 5.91. The van der Waals surface area contributed by atoms with Crippen molar-refractivity contribution in [3.8, 4) is 0 Å². The van der Waals surface area contributed by atoms with E-state index >= 15 is 0 Å². The molecule has 1 unspecified atom stereocenters. The number of benzene rings is 2. The lowest BCUT2D eigenvalue weighted by atomic mass is 10.0. The van der Waals surface area contributed by atoms with Crippen molar-refractivity contribution in [3.63, 3.8) is 0 Å². The molecule has 1 heterocycles. The number of fused-ring (bicyclic) bond motifs is 1. The Bertz CT molecular complexity index is 797. The van der Waals surface area contributed by atoms with Crippen LogP contribution in [0.1, 0.15) is 17.4 Å². The molecule has 3 rings (SSSR count). The molecule has 3 nitrogen and oxygen atoms in total. The Morgan fingerprint density at radius 1 is 1.29 bits per heavy atom. The molecule has 108 valence electrons. The summed E-state index contributed by atoms with van der Waals surface area (Å²) in [6.45, 7) is 0. The maximum atomic E-state index is 13.3. The summed E-state index contributed by atoms with van der Waals surface area (Å²) in [5.74, 6) is 0.637. The van der Waals surface area contributed by atoms with Crippen LogP contribution in [0.2, 0.25) is 0 Å². The van der Waals surface area contributed by atoms with Crippen LogP contribution in [0.5, 0.6) is 0 Å². The van der Waals surface area contributed by atoms with Crippen LogP contribution >= 0.6 is 15.9 Å². The first-order valence-corrected chi connectivity index (χ1v) is 7.46. The van der Waals surface area contributed by atoms with Gasteiger partial charge in [0.2, 0.25) is 0 Å². The Balaban J connectivity index is 1.90. The van der Waals surface area contributed by atoms with Crippen molar-refractivity contribution in [1.29, 1.82) is 0 Å². The van der Waals surface area contributed by atoms with Gasteiger partial charge < -0.3 is 10.3 Å². The first-order chi connectivity index (χ1) is 10.1. The lowest BCUT2D eigenvalue weighted by Crippen LogP contribution is -2.16. The van der Waals surface area contributed by atoms with Crippen LogP contribution in [0.15, 0.2) is 46.9 Å². The van der Waals surface area contributed by atoms with Crippen molar-refractivity contribution in [3.05, 3.63) is 64.1 Å². The van der Waals surface area contributed by atoms with Crippen LogP contribution in [0.25, 0.3) is 11.0 Å². The predicted octanol–water partition coefficient (Wildman–Crippen LogP) is 3.72. The van der Waals surface area contributed by atoms with Crippen molar-refractivity contribution >= 4 is 27.0 Å². The highest BCUT2D eigenvalue weighted by Crippen LogP contribution is 2.23. The maximum Gasteiger partial charge on any atom is 0.137 e. The van der Waals surface area contributed by atoms with E-state index in [1.165, 1.54) is 6.07 Å². The molecule has 0 spiro atoms. The van der Waals surface area contributed by atoms with Gasteiger partial charge in [0.1, 0.15) is 11.6 Å². The summed E-state index contributed by atoms with van der Waals surface area (Å²) in [7, 11) is 1.98. The molecule has 0 aliphatic rings. The van der Waals surface area contributed by atoms with Gasteiger partial charge >= 0.3 is 0 Å². The third-order valence-corrected chi connectivity index (χ3v) is 4.26. The van der Waals surface area contributed by atoms with E-state index in [1.54, 1.807) is 12.1 Å². The standard InChI is InChI=1S/C16H15BrFN3/c1-21-15-5-3-2-4-14(15)20-16(21)9-13(19)10-6-7-12(18)11(17)8-10/h2-8,13H,9,19H2,1H3.